The summed E-state index contributed by atoms with van der Waals surface area (Å²) < 4.78 is 11.6. The molecule has 0 aromatic heterocycles. The summed E-state index contributed by atoms with van der Waals surface area (Å²) in [6.45, 7) is 15.4. The van der Waals surface area contributed by atoms with E-state index in [1.165, 1.54) is 24.8 Å². The lowest BCUT2D eigenvalue weighted by Crippen LogP contribution is -2.42. The van der Waals surface area contributed by atoms with Crippen molar-refractivity contribution in [1.82, 2.24) is 5.32 Å². The summed E-state index contributed by atoms with van der Waals surface area (Å²) in [4.78, 5) is 12.0. The van der Waals surface area contributed by atoms with Crippen LogP contribution in [0.1, 0.15) is 105 Å². The monoisotopic (exact) mass is 446 g/mol. The third-order valence-electron chi connectivity index (χ3n) is 5.86. The predicted octanol–water partition coefficient (Wildman–Crippen LogP) is 7.19. The first-order valence-corrected chi connectivity index (χ1v) is 12.5. The molecule has 1 aromatic carbocycles. The Morgan fingerprint density at radius 1 is 0.969 bits per heavy atom. The van der Waals surface area contributed by atoms with E-state index in [0.29, 0.717) is 6.04 Å². The molecule has 182 valence electrons. The minimum absolute atomic E-state index is 0.0443. The van der Waals surface area contributed by atoms with E-state index in [1.807, 2.05) is 20.8 Å². The summed E-state index contributed by atoms with van der Waals surface area (Å²) in [5, 5.41) is 6.72. The maximum Gasteiger partial charge on any atom is 0.407 e. The SMILES string of the molecule is CCCCCCOc1cc(NC2CCC(NC(=O)OC(C)(C)C)CC2)ccc1C(C)(C)C. The van der Waals surface area contributed by atoms with Gasteiger partial charge in [0.05, 0.1) is 6.61 Å². The number of carbonyl (C=O) groups is 1. The number of ether oxygens (including phenoxy) is 2. The molecule has 0 heterocycles. The average Bonchev–Trinajstić information content (AvgIpc) is 2.67. The van der Waals surface area contributed by atoms with E-state index < -0.39 is 5.60 Å². The number of benzene rings is 1. The van der Waals surface area contributed by atoms with Gasteiger partial charge in [0.25, 0.3) is 0 Å². The third-order valence-corrected chi connectivity index (χ3v) is 5.86. The molecule has 0 atom stereocenters. The van der Waals surface area contributed by atoms with Crippen LogP contribution in [0.15, 0.2) is 18.2 Å². The number of hydrogen-bond donors (Lipinski definition) is 2. The molecule has 0 aliphatic heterocycles. The molecule has 5 heteroatoms. The molecule has 0 unspecified atom stereocenters. The van der Waals surface area contributed by atoms with Crippen LogP contribution in [-0.2, 0) is 10.2 Å². The number of rotatable bonds is 9. The molecule has 1 aliphatic carbocycles. The lowest BCUT2D eigenvalue weighted by atomic mass is 9.86. The molecule has 1 amide bonds. The van der Waals surface area contributed by atoms with E-state index >= 15 is 0 Å². The van der Waals surface area contributed by atoms with Gasteiger partial charge in [-0.3, -0.25) is 0 Å². The highest BCUT2D eigenvalue weighted by atomic mass is 16.6. The Morgan fingerprint density at radius 2 is 1.62 bits per heavy atom. The number of unbranched alkanes of at least 4 members (excludes halogenated alkanes) is 3. The van der Waals surface area contributed by atoms with Crippen molar-refractivity contribution < 1.29 is 14.3 Å². The van der Waals surface area contributed by atoms with E-state index in [1.54, 1.807) is 0 Å². The van der Waals surface area contributed by atoms with Crippen LogP contribution >= 0.6 is 0 Å². The Balaban J connectivity index is 1.91. The molecule has 0 spiro atoms. The number of nitrogens with one attached hydrogen (secondary N) is 2. The van der Waals surface area contributed by atoms with Crippen molar-refractivity contribution in [2.75, 3.05) is 11.9 Å². The van der Waals surface area contributed by atoms with Crippen molar-refractivity contribution >= 4 is 11.8 Å². The van der Waals surface area contributed by atoms with Gasteiger partial charge >= 0.3 is 6.09 Å². The fraction of sp³-hybridized carbons (Fsp3) is 0.741. The highest BCUT2D eigenvalue weighted by Crippen LogP contribution is 2.34. The predicted molar refractivity (Wildman–Crippen MR) is 134 cm³/mol. The molecule has 1 aromatic rings. The van der Waals surface area contributed by atoms with Gasteiger partial charge in [0.1, 0.15) is 11.4 Å². The molecule has 0 radical (unpaired) electrons. The van der Waals surface area contributed by atoms with Crippen molar-refractivity contribution in [1.29, 1.82) is 0 Å². The standard InChI is InChI=1S/C27H46N2O3/c1-8-9-10-11-18-31-24-19-22(16-17-23(24)26(2,3)4)28-20-12-14-21(15-13-20)29-25(30)32-27(5,6)7/h16-17,19-21,28H,8-15,18H2,1-7H3,(H,29,30). The second-order valence-corrected chi connectivity index (χ2v) is 11.2. The van der Waals surface area contributed by atoms with Gasteiger partial charge < -0.3 is 20.1 Å². The molecule has 1 aliphatic rings. The van der Waals surface area contributed by atoms with Gasteiger partial charge in [-0.05, 0) is 69.9 Å². The van der Waals surface area contributed by atoms with Crippen LogP contribution < -0.4 is 15.4 Å². The summed E-state index contributed by atoms with van der Waals surface area (Å²) in [6.07, 6.45) is 8.47. The summed E-state index contributed by atoms with van der Waals surface area (Å²) in [7, 11) is 0. The minimum atomic E-state index is -0.460. The normalized spacial score (nSPS) is 19.3. The minimum Gasteiger partial charge on any atom is -0.493 e. The maximum absolute atomic E-state index is 12.0. The van der Waals surface area contributed by atoms with Crippen molar-refractivity contribution in [3.63, 3.8) is 0 Å². The summed E-state index contributed by atoms with van der Waals surface area (Å²) in [5.74, 6) is 0.999. The molecular weight excluding hydrogens is 400 g/mol. The Labute approximate surface area is 196 Å². The maximum atomic E-state index is 12.0. The summed E-state index contributed by atoms with van der Waals surface area (Å²) in [5.41, 5.74) is 1.95. The van der Waals surface area contributed by atoms with Crippen LogP contribution in [0.5, 0.6) is 5.75 Å². The van der Waals surface area contributed by atoms with Crippen molar-refractivity contribution in [3.8, 4) is 5.75 Å². The Hall–Kier alpha value is -1.91. The zero-order chi connectivity index (χ0) is 23.8. The molecular formula is C27H46N2O3. The molecule has 1 saturated carbocycles. The second kappa shape index (κ2) is 11.8. The summed E-state index contributed by atoms with van der Waals surface area (Å²) >= 11 is 0. The fourth-order valence-electron chi connectivity index (χ4n) is 4.15. The number of hydrogen-bond acceptors (Lipinski definition) is 4. The topological polar surface area (TPSA) is 59.6 Å². The van der Waals surface area contributed by atoms with Crippen LogP contribution in [0, 0.1) is 0 Å². The molecule has 32 heavy (non-hydrogen) atoms. The first-order chi connectivity index (χ1) is 15.0. The molecule has 0 saturated heterocycles. The van der Waals surface area contributed by atoms with Crippen LogP contribution in [0.2, 0.25) is 0 Å². The fourth-order valence-corrected chi connectivity index (χ4v) is 4.15. The van der Waals surface area contributed by atoms with Gasteiger partial charge in [-0.1, -0.05) is 53.0 Å². The number of carbonyl (C=O) groups excluding carboxylic acids is 1. The first kappa shape index (κ1) is 26.3. The van der Waals surface area contributed by atoms with E-state index in [4.69, 9.17) is 9.47 Å². The van der Waals surface area contributed by atoms with E-state index in [2.05, 4.69) is 56.5 Å². The first-order valence-electron chi connectivity index (χ1n) is 12.5. The molecule has 2 N–H and O–H groups in total. The Bertz CT molecular complexity index is 711. The van der Waals surface area contributed by atoms with E-state index in [-0.39, 0.29) is 17.6 Å². The Kier molecular flexibility index (Phi) is 9.72. The summed E-state index contributed by atoms with van der Waals surface area (Å²) in [6, 6.07) is 7.15. The lowest BCUT2D eigenvalue weighted by molar-refractivity contribution is 0.0492. The Morgan fingerprint density at radius 3 is 2.22 bits per heavy atom. The van der Waals surface area contributed by atoms with Crippen LogP contribution in [-0.4, -0.2) is 30.4 Å². The smallest absolute Gasteiger partial charge is 0.407 e. The van der Waals surface area contributed by atoms with Gasteiger partial charge in [0.15, 0.2) is 0 Å². The third kappa shape index (κ3) is 9.30. The quantitative estimate of drug-likeness (QED) is 0.394. The van der Waals surface area contributed by atoms with Gasteiger partial charge in [0.2, 0.25) is 0 Å². The van der Waals surface area contributed by atoms with E-state index in [0.717, 1.165) is 50.1 Å². The van der Waals surface area contributed by atoms with Gasteiger partial charge in [-0.25, -0.2) is 4.79 Å². The largest absolute Gasteiger partial charge is 0.493 e. The molecule has 1 fully saturated rings. The van der Waals surface area contributed by atoms with E-state index in [9.17, 15) is 4.79 Å². The van der Waals surface area contributed by atoms with Gasteiger partial charge in [-0.2, -0.15) is 0 Å². The van der Waals surface area contributed by atoms with Crippen molar-refractivity contribution in [2.24, 2.45) is 0 Å². The second-order valence-electron chi connectivity index (χ2n) is 11.2. The molecule has 0 bridgehead atoms. The lowest BCUT2D eigenvalue weighted by Gasteiger charge is -2.31. The van der Waals surface area contributed by atoms with Gasteiger partial charge in [0, 0.05) is 23.8 Å². The van der Waals surface area contributed by atoms with Gasteiger partial charge in [-0.15, -0.1) is 0 Å². The number of anilines is 1. The van der Waals surface area contributed by atoms with Crippen LogP contribution in [0.3, 0.4) is 0 Å². The highest BCUT2D eigenvalue weighted by Gasteiger charge is 2.25. The zero-order valence-corrected chi connectivity index (χ0v) is 21.5. The molecule has 2 rings (SSSR count). The zero-order valence-electron chi connectivity index (χ0n) is 21.5. The number of amides is 1. The number of alkyl carbamates (subject to hydrolysis) is 1. The average molecular weight is 447 g/mol. The van der Waals surface area contributed by atoms with Crippen LogP contribution in [0.25, 0.3) is 0 Å². The van der Waals surface area contributed by atoms with Crippen molar-refractivity contribution in [2.45, 2.75) is 123 Å². The molecule has 5 nitrogen and oxygen atoms in total. The highest BCUT2D eigenvalue weighted by molar-refractivity contribution is 5.68. The van der Waals surface area contributed by atoms with Crippen LogP contribution in [0.4, 0.5) is 10.5 Å². The van der Waals surface area contributed by atoms with Crippen molar-refractivity contribution in [3.05, 3.63) is 23.8 Å².